The van der Waals surface area contributed by atoms with Gasteiger partial charge in [-0.3, -0.25) is 0 Å². The van der Waals surface area contributed by atoms with Crippen LogP contribution in [0.15, 0.2) is 6.20 Å². The standard InChI is InChI=1S/C6H6BrF2NOS/c7-1-5-10-2-6(12-5)11-3-4(8)9/h2,4H,1,3H2. The number of hydrogen-bond donors (Lipinski definition) is 0. The smallest absolute Gasteiger partial charge is 0.272 e. The lowest BCUT2D eigenvalue weighted by Crippen LogP contribution is -2.05. The molecule has 12 heavy (non-hydrogen) atoms. The first-order valence-corrected chi connectivity index (χ1v) is 5.07. The van der Waals surface area contributed by atoms with Crippen molar-refractivity contribution in [2.75, 3.05) is 6.61 Å². The molecule has 6 heteroatoms. The van der Waals surface area contributed by atoms with Crippen LogP contribution in [0.2, 0.25) is 0 Å². The maximum absolute atomic E-state index is 11.7. The fourth-order valence-corrected chi connectivity index (χ4v) is 1.68. The second kappa shape index (κ2) is 4.71. The van der Waals surface area contributed by atoms with Crippen molar-refractivity contribution in [2.45, 2.75) is 11.8 Å². The minimum atomic E-state index is -2.43. The second-order valence-electron chi connectivity index (χ2n) is 1.91. The number of hydrogen-bond acceptors (Lipinski definition) is 3. The highest BCUT2D eigenvalue weighted by atomic mass is 79.9. The summed E-state index contributed by atoms with van der Waals surface area (Å²) < 4.78 is 28.1. The lowest BCUT2D eigenvalue weighted by molar-refractivity contribution is 0.0837. The first-order chi connectivity index (χ1) is 5.72. The molecule has 0 radical (unpaired) electrons. The van der Waals surface area contributed by atoms with Crippen molar-refractivity contribution < 1.29 is 13.5 Å². The number of aromatic nitrogens is 1. The Morgan fingerprint density at radius 3 is 2.92 bits per heavy atom. The van der Waals surface area contributed by atoms with E-state index in [-0.39, 0.29) is 0 Å². The zero-order valence-corrected chi connectivity index (χ0v) is 8.37. The van der Waals surface area contributed by atoms with E-state index in [2.05, 4.69) is 20.9 Å². The lowest BCUT2D eigenvalue weighted by Gasteiger charge is -1.99. The average Bonchev–Trinajstić information content (AvgIpc) is 2.48. The van der Waals surface area contributed by atoms with Gasteiger partial charge in [0.25, 0.3) is 6.43 Å². The highest BCUT2D eigenvalue weighted by Crippen LogP contribution is 2.23. The summed E-state index contributed by atoms with van der Waals surface area (Å²) in [5.41, 5.74) is 0. The van der Waals surface area contributed by atoms with Crippen molar-refractivity contribution in [2.24, 2.45) is 0 Å². The molecule has 0 aromatic carbocycles. The molecule has 0 amide bonds. The maximum atomic E-state index is 11.7. The average molecular weight is 258 g/mol. The summed E-state index contributed by atoms with van der Waals surface area (Å²) in [5.74, 6) is 0. The van der Waals surface area contributed by atoms with E-state index in [1.165, 1.54) is 17.5 Å². The first kappa shape index (κ1) is 9.85. The van der Waals surface area contributed by atoms with Crippen LogP contribution < -0.4 is 4.74 Å². The van der Waals surface area contributed by atoms with Gasteiger partial charge in [0.2, 0.25) is 0 Å². The van der Waals surface area contributed by atoms with Crippen LogP contribution in [0.3, 0.4) is 0 Å². The van der Waals surface area contributed by atoms with E-state index in [1.807, 2.05) is 0 Å². The van der Waals surface area contributed by atoms with Crippen molar-refractivity contribution >= 4 is 27.3 Å². The molecule has 0 aliphatic heterocycles. The Hall–Kier alpha value is -0.230. The molecule has 0 bridgehead atoms. The monoisotopic (exact) mass is 257 g/mol. The number of rotatable bonds is 4. The fourth-order valence-electron chi connectivity index (χ4n) is 0.567. The normalized spacial score (nSPS) is 10.7. The summed E-state index contributed by atoms with van der Waals surface area (Å²) in [4.78, 5) is 3.91. The van der Waals surface area contributed by atoms with Crippen molar-refractivity contribution in [3.8, 4) is 5.06 Å². The van der Waals surface area contributed by atoms with Gasteiger partial charge in [-0.15, -0.1) is 0 Å². The van der Waals surface area contributed by atoms with Gasteiger partial charge in [0.1, 0.15) is 11.6 Å². The van der Waals surface area contributed by atoms with Crippen molar-refractivity contribution in [1.82, 2.24) is 4.98 Å². The Kier molecular flexibility index (Phi) is 3.87. The quantitative estimate of drug-likeness (QED) is 0.774. The molecule has 0 aliphatic rings. The number of thiazole rings is 1. The number of nitrogens with zero attached hydrogens (tertiary/aromatic N) is 1. The Bertz CT molecular complexity index is 243. The summed E-state index contributed by atoms with van der Waals surface area (Å²) in [6, 6.07) is 0. The Morgan fingerprint density at radius 1 is 1.67 bits per heavy atom. The molecule has 0 unspecified atom stereocenters. The van der Waals surface area contributed by atoms with Gasteiger partial charge in [0, 0.05) is 0 Å². The van der Waals surface area contributed by atoms with Crippen LogP contribution in [0.4, 0.5) is 8.78 Å². The van der Waals surface area contributed by atoms with Crippen LogP contribution in [0, 0.1) is 0 Å². The summed E-state index contributed by atoms with van der Waals surface area (Å²) in [5, 5.41) is 1.87. The SMILES string of the molecule is FC(F)COc1cnc(CBr)s1. The highest BCUT2D eigenvalue weighted by Gasteiger charge is 2.05. The van der Waals surface area contributed by atoms with Gasteiger partial charge in [-0.2, -0.15) is 0 Å². The molecule has 0 atom stereocenters. The van der Waals surface area contributed by atoms with Crippen LogP contribution in [0.1, 0.15) is 5.01 Å². The van der Waals surface area contributed by atoms with E-state index in [0.29, 0.717) is 10.4 Å². The molecule has 1 heterocycles. The summed E-state index contributed by atoms with van der Waals surface area (Å²) >= 11 is 4.46. The molecule has 0 saturated heterocycles. The Labute approximate surface area is 80.7 Å². The first-order valence-electron chi connectivity index (χ1n) is 3.14. The van der Waals surface area contributed by atoms with Crippen LogP contribution in [-0.4, -0.2) is 18.0 Å². The largest absolute Gasteiger partial charge is 0.477 e. The molecule has 0 N–H and O–H groups in total. The van der Waals surface area contributed by atoms with E-state index in [1.54, 1.807) is 0 Å². The minimum Gasteiger partial charge on any atom is -0.477 e. The van der Waals surface area contributed by atoms with E-state index in [4.69, 9.17) is 4.74 Å². The number of alkyl halides is 3. The Morgan fingerprint density at radius 2 is 2.42 bits per heavy atom. The lowest BCUT2D eigenvalue weighted by atomic mass is 10.7. The summed E-state index contributed by atoms with van der Waals surface area (Å²) in [7, 11) is 0. The Balaban J connectivity index is 2.41. The minimum absolute atomic E-state index is 0.435. The molecule has 1 aromatic heterocycles. The van der Waals surface area contributed by atoms with Gasteiger partial charge < -0.3 is 4.74 Å². The highest BCUT2D eigenvalue weighted by molar-refractivity contribution is 9.08. The topological polar surface area (TPSA) is 22.1 Å². The molecule has 1 aromatic rings. The fraction of sp³-hybridized carbons (Fsp3) is 0.500. The van der Waals surface area contributed by atoms with Crippen molar-refractivity contribution in [3.05, 3.63) is 11.2 Å². The third-order valence-corrected chi connectivity index (χ3v) is 2.81. The predicted octanol–water partition coefficient (Wildman–Crippen LogP) is 2.68. The zero-order chi connectivity index (χ0) is 8.97. The summed E-state index contributed by atoms with van der Waals surface area (Å²) in [6.45, 7) is -0.566. The molecular weight excluding hydrogens is 252 g/mol. The van der Waals surface area contributed by atoms with Gasteiger partial charge in [0.15, 0.2) is 5.06 Å². The number of halogens is 3. The van der Waals surface area contributed by atoms with Gasteiger partial charge in [-0.25, -0.2) is 13.8 Å². The molecule has 0 aliphatic carbocycles. The van der Waals surface area contributed by atoms with E-state index >= 15 is 0 Å². The van der Waals surface area contributed by atoms with Gasteiger partial charge >= 0.3 is 0 Å². The second-order valence-corrected chi connectivity index (χ2v) is 3.55. The van der Waals surface area contributed by atoms with Gasteiger partial charge in [-0.05, 0) is 0 Å². The molecule has 2 nitrogen and oxygen atoms in total. The maximum Gasteiger partial charge on any atom is 0.272 e. The number of ether oxygens (including phenoxy) is 1. The predicted molar refractivity (Wildman–Crippen MR) is 46.2 cm³/mol. The third-order valence-electron chi connectivity index (χ3n) is 0.998. The van der Waals surface area contributed by atoms with Crippen LogP contribution in [0.5, 0.6) is 5.06 Å². The van der Waals surface area contributed by atoms with E-state index < -0.39 is 13.0 Å². The third kappa shape index (κ3) is 3.02. The van der Waals surface area contributed by atoms with Crippen LogP contribution in [0.25, 0.3) is 0 Å². The van der Waals surface area contributed by atoms with Gasteiger partial charge in [-0.1, -0.05) is 27.3 Å². The van der Waals surface area contributed by atoms with Crippen LogP contribution in [-0.2, 0) is 5.33 Å². The molecular formula is C6H6BrF2NOS. The molecule has 1 rings (SSSR count). The van der Waals surface area contributed by atoms with Crippen LogP contribution >= 0.6 is 27.3 Å². The van der Waals surface area contributed by atoms with E-state index in [0.717, 1.165) is 5.01 Å². The van der Waals surface area contributed by atoms with E-state index in [9.17, 15) is 8.78 Å². The molecule has 68 valence electrons. The molecule has 0 saturated carbocycles. The summed E-state index contributed by atoms with van der Waals surface area (Å²) in [6.07, 6.45) is -0.983. The molecule has 0 fully saturated rings. The van der Waals surface area contributed by atoms with Gasteiger partial charge in [0.05, 0.1) is 11.5 Å². The van der Waals surface area contributed by atoms with Crippen molar-refractivity contribution in [3.63, 3.8) is 0 Å². The van der Waals surface area contributed by atoms with Crippen molar-refractivity contribution in [1.29, 1.82) is 0 Å². The molecule has 0 spiro atoms. The zero-order valence-electron chi connectivity index (χ0n) is 5.97.